The summed E-state index contributed by atoms with van der Waals surface area (Å²) < 4.78 is 0. The van der Waals surface area contributed by atoms with Gasteiger partial charge in [0.2, 0.25) is 0 Å². The summed E-state index contributed by atoms with van der Waals surface area (Å²) in [4.78, 5) is 16.4. The summed E-state index contributed by atoms with van der Waals surface area (Å²) in [7, 11) is 0. The van der Waals surface area contributed by atoms with Gasteiger partial charge in [-0.2, -0.15) is 0 Å². The third-order valence-electron chi connectivity index (χ3n) is 2.71. The van der Waals surface area contributed by atoms with E-state index < -0.39 is 0 Å². The first kappa shape index (κ1) is 13.7. The molecule has 3 N–H and O–H groups in total. The first-order valence-corrected chi connectivity index (χ1v) is 7.09. The number of aryl methyl sites for hydroxylation is 1. The molecular weight excluding hydrogens is 258 g/mol. The van der Waals surface area contributed by atoms with Crippen LogP contribution in [-0.2, 0) is 0 Å². The number of nitrogens with two attached hydrogens (primary N) is 1. The average molecular weight is 275 g/mol. The normalized spacial score (nSPS) is 10.4. The quantitative estimate of drug-likeness (QED) is 0.822. The Hall–Kier alpha value is -1.72. The van der Waals surface area contributed by atoms with Crippen LogP contribution in [0.4, 0.5) is 0 Å². The molecule has 0 unspecified atom stereocenters. The van der Waals surface area contributed by atoms with Gasteiger partial charge >= 0.3 is 0 Å². The van der Waals surface area contributed by atoms with Crippen molar-refractivity contribution in [3.8, 4) is 11.3 Å². The molecular formula is C14H17N3OS. The highest BCUT2D eigenvalue weighted by Crippen LogP contribution is 2.22. The van der Waals surface area contributed by atoms with Crippen LogP contribution in [0.3, 0.4) is 0 Å². The summed E-state index contributed by atoms with van der Waals surface area (Å²) in [6.45, 7) is 3.16. The summed E-state index contributed by atoms with van der Waals surface area (Å²) in [6, 6.07) is 7.51. The van der Waals surface area contributed by atoms with Gasteiger partial charge in [0.05, 0.1) is 10.7 Å². The van der Waals surface area contributed by atoms with Crippen LogP contribution in [-0.4, -0.2) is 24.0 Å². The van der Waals surface area contributed by atoms with Gasteiger partial charge in [0.25, 0.3) is 5.91 Å². The number of hydrogen-bond donors (Lipinski definition) is 2. The van der Waals surface area contributed by atoms with Crippen LogP contribution >= 0.6 is 11.3 Å². The predicted octanol–water partition coefficient (Wildman–Crippen LogP) is 2.20. The Morgan fingerprint density at radius 1 is 1.47 bits per heavy atom. The number of thiazole rings is 1. The fraction of sp³-hybridized carbons (Fsp3) is 0.286. The second kappa shape index (κ2) is 6.45. The summed E-state index contributed by atoms with van der Waals surface area (Å²) in [6.07, 6.45) is 0.788. The zero-order chi connectivity index (χ0) is 13.7. The largest absolute Gasteiger partial charge is 0.352 e. The van der Waals surface area contributed by atoms with E-state index in [9.17, 15) is 4.79 Å². The third kappa shape index (κ3) is 3.62. The van der Waals surface area contributed by atoms with Crippen molar-refractivity contribution in [2.45, 2.75) is 13.3 Å². The number of amides is 1. The zero-order valence-electron chi connectivity index (χ0n) is 10.8. The summed E-state index contributed by atoms with van der Waals surface area (Å²) in [5, 5.41) is 5.87. The Labute approximate surface area is 116 Å². The molecule has 0 fully saturated rings. The lowest BCUT2D eigenvalue weighted by Gasteiger charge is -2.05. The zero-order valence-corrected chi connectivity index (χ0v) is 11.7. The topological polar surface area (TPSA) is 68.0 Å². The molecule has 1 aromatic heterocycles. The van der Waals surface area contributed by atoms with E-state index in [1.54, 1.807) is 17.4 Å². The maximum absolute atomic E-state index is 11.9. The van der Waals surface area contributed by atoms with E-state index in [0.29, 0.717) is 18.7 Å². The lowest BCUT2D eigenvalue weighted by atomic mass is 10.1. The number of carbonyl (C=O) groups excluding carboxylic acids is 1. The van der Waals surface area contributed by atoms with Crippen molar-refractivity contribution < 1.29 is 4.79 Å². The number of rotatable bonds is 5. The molecule has 1 aromatic carbocycles. The van der Waals surface area contributed by atoms with Crippen LogP contribution in [0.15, 0.2) is 29.6 Å². The lowest BCUT2D eigenvalue weighted by molar-refractivity contribution is 0.0953. The fourth-order valence-electron chi connectivity index (χ4n) is 1.72. The van der Waals surface area contributed by atoms with Crippen molar-refractivity contribution in [1.82, 2.24) is 10.3 Å². The minimum absolute atomic E-state index is 0.0674. The molecule has 0 saturated carbocycles. The molecule has 4 nitrogen and oxygen atoms in total. The predicted molar refractivity (Wildman–Crippen MR) is 78.3 cm³/mol. The van der Waals surface area contributed by atoms with Crippen LogP contribution < -0.4 is 11.1 Å². The standard InChI is InChI=1S/C14H17N3OS/c1-10-17-13(9-19-10)11-4-2-5-12(8-11)14(18)16-7-3-6-15/h2,4-5,8-9H,3,6-7,15H2,1H3,(H,16,18). The van der Waals surface area contributed by atoms with Gasteiger partial charge in [0, 0.05) is 23.1 Å². The Kier molecular flexibility index (Phi) is 4.65. The molecule has 2 rings (SSSR count). The van der Waals surface area contributed by atoms with Crippen LogP contribution in [0.25, 0.3) is 11.3 Å². The highest BCUT2D eigenvalue weighted by molar-refractivity contribution is 7.09. The minimum Gasteiger partial charge on any atom is -0.352 e. The van der Waals surface area contributed by atoms with Gasteiger partial charge in [-0.25, -0.2) is 4.98 Å². The fourth-order valence-corrected chi connectivity index (χ4v) is 2.34. The minimum atomic E-state index is -0.0674. The van der Waals surface area contributed by atoms with Crippen LogP contribution in [0, 0.1) is 6.92 Å². The van der Waals surface area contributed by atoms with Crippen LogP contribution in [0.5, 0.6) is 0 Å². The molecule has 2 aromatic rings. The van der Waals surface area contributed by atoms with Crippen molar-refractivity contribution >= 4 is 17.2 Å². The van der Waals surface area contributed by atoms with E-state index in [1.807, 2.05) is 30.5 Å². The van der Waals surface area contributed by atoms with Crippen molar-refractivity contribution in [2.24, 2.45) is 5.73 Å². The van der Waals surface area contributed by atoms with Gasteiger partial charge in [0.1, 0.15) is 0 Å². The number of nitrogens with one attached hydrogen (secondary N) is 1. The van der Waals surface area contributed by atoms with E-state index >= 15 is 0 Å². The van der Waals surface area contributed by atoms with E-state index in [-0.39, 0.29) is 5.91 Å². The molecule has 0 aliphatic heterocycles. The van der Waals surface area contributed by atoms with Gasteiger partial charge < -0.3 is 11.1 Å². The van der Waals surface area contributed by atoms with Crippen LogP contribution in [0.2, 0.25) is 0 Å². The second-order valence-electron chi connectivity index (χ2n) is 4.23. The monoisotopic (exact) mass is 275 g/mol. The Bertz CT molecular complexity index is 565. The molecule has 1 amide bonds. The number of nitrogens with zero attached hydrogens (tertiary/aromatic N) is 1. The second-order valence-corrected chi connectivity index (χ2v) is 5.29. The molecule has 0 aliphatic rings. The van der Waals surface area contributed by atoms with Crippen LogP contribution in [0.1, 0.15) is 21.8 Å². The van der Waals surface area contributed by atoms with Gasteiger partial charge in [-0.05, 0) is 32.0 Å². The summed E-state index contributed by atoms with van der Waals surface area (Å²) in [5.74, 6) is -0.0674. The highest BCUT2D eigenvalue weighted by atomic mass is 32.1. The molecule has 0 bridgehead atoms. The maximum Gasteiger partial charge on any atom is 0.251 e. The van der Waals surface area contributed by atoms with Gasteiger partial charge in [-0.3, -0.25) is 4.79 Å². The van der Waals surface area contributed by atoms with E-state index in [2.05, 4.69) is 10.3 Å². The Balaban J connectivity index is 2.13. The molecule has 0 spiro atoms. The average Bonchev–Trinajstić information content (AvgIpc) is 2.86. The number of carbonyl (C=O) groups is 1. The Morgan fingerprint density at radius 3 is 3.00 bits per heavy atom. The van der Waals surface area contributed by atoms with Gasteiger partial charge in [0.15, 0.2) is 0 Å². The number of benzene rings is 1. The number of aromatic nitrogens is 1. The third-order valence-corrected chi connectivity index (χ3v) is 3.48. The van der Waals surface area contributed by atoms with Gasteiger partial charge in [-0.15, -0.1) is 11.3 Å². The molecule has 19 heavy (non-hydrogen) atoms. The van der Waals surface area contributed by atoms with Crippen molar-refractivity contribution in [3.63, 3.8) is 0 Å². The SMILES string of the molecule is Cc1nc(-c2cccc(C(=O)NCCCN)c2)cs1. The molecule has 0 radical (unpaired) electrons. The smallest absolute Gasteiger partial charge is 0.251 e. The first-order valence-electron chi connectivity index (χ1n) is 6.21. The molecule has 0 aliphatic carbocycles. The van der Waals surface area contributed by atoms with E-state index in [1.165, 1.54) is 0 Å². The van der Waals surface area contributed by atoms with Crippen molar-refractivity contribution in [1.29, 1.82) is 0 Å². The highest BCUT2D eigenvalue weighted by Gasteiger charge is 2.08. The molecule has 5 heteroatoms. The van der Waals surface area contributed by atoms with Crippen molar-refractivity contribution in [3.05, 3.63) is 40.2 Å². The van der Waals surface area contributed by atoms with Crippen molar-refractivity contribution in [2.75, 3.05) is 13.1 Å². The Morgan fingerprint density at radius 2 is 2.32 bits per heavy atom. The molecule has 0 saturated heterocycles. The molecule has 1 heterocycles. The number of hydrogen-bond acceptors (Lipinski definition) is 4. The maximum atomic E-state index is 11.9. The summed E-state index contributed by atoms with van der Waals surface area (Å²) >= 11 is 1.60. The molecule has 100 valence electrons. The summed E-state index contributed by atoms with van der Waals surface area (Å²) in [5.41, 5.74) is 7.93. The van der Waals surface area contributed by atoms with E-state index in [0.717, 1.165) is 22.7 Å². The lowest BCUT2D eigenvalue weighted by Crippen LogP contribution is -2.25. The molecule has 0 atom stereocenters. The van der Waals surface area contributed by atoms with E-state index in [4.69, 9.17) is 5.73 Å². The first-order chi connectivity index (χ1) is 9.20. The van der Waals surface area contributed by atoms with Gasteiger partial charge in [-0.1, -0.05) is 12.1 Å².